The maximum absolute atomic E-state index is 12.4. The molecule has 3 rings (SSSR count). The number of rotatable bonds is 2. The molecular formula is C14H17Cl2N3O. The third kappa shape index (κ3) is 2.66. The molecule has 0 radical (unpaired) electrons. The molecule has 0 aromatic heterocycles. The first-order valence-corrected chi connectivity index (χ1v) is 7.60. The minimum Gasteiger partial charge on any atom is -0.335 e. The number of halogens is 2. The molecule has 0 spiro atoms. The Bertz CT molecular complexity index is 491. The first-order chi connectivity index (χ1) is 9.66. The molecular weight excluding hydrogens is 297 g/mol. The van der Waals surface area contributed by atoms with E-state index in [4.69, 9.17) is 23.2 Å². The normalized spacial score (nSPS) is 20.8. The fourth-order valence-electron chi connectivity index (χ4n) is 2.76. The lowest BCUT2D eigenvalue weighted by Gasteiger charge is -2.46. The van der Waals surface area contributed by atoms with E-state index >= 15 is 0 Å². The SMILES string of the molecule is O=C(c1c(Cl)cccc1Cl)N1CC(N2CCNCC2)C1. The number of carbonyl (C=O) groups excluding carboxylic acids is 1. The van der Waals surface area contributed by atoms with Crippen molar-refractivity contribution in [2.75, 3.05) is 39.3 Å². The van der Waals surface area contributed by atoms with E-state index in [9.17, 15) is 4.79 Å². The molecule has 1 aromatic rings. The van der Waals surface area contributed by atoms with E-state index in [1.807, 2.05) is 4.90 Å². The molecule has 1 aromatic carbocycles. The van der Waals surface area contributed by atoms with Gasteiger partial charge in [-0.25, -0.2) is 0 Å². The predicted molar refractivity (Wildman–Crippen MR) is 80.6 cm³/mol. The number of nitrogens with one attached hydrogen (secondary N) is 1. The topological polar surface area (TPSA) is 35.6 Å². The molecule has 2 heterocycles. The highest BCUT2D eigenvalue weighted by Crippen LogP contribution is 2.28. The van der Waals surface area contributed by atoms with Crippen molar-refractivity contribution in [2.24, 2.45) is 0 Å². The maximum Gasteiger partial charge on any atom is 0.256 e. The lowest BCUT2D eigenvalue weighted by Crippen LogP contribution is -2.63. The van der Waals surface area contributed by atoms with Crippen molar-refractivity contribution in [1.29, 1.82) is 0 Å². The molecule has 108 valence electrons. The van der Waals surface area contributed by atoms with Crippen LogP contribution in [0.3, 0.4) is 0 Å². The Labute approximate surface area is 128 Å². The van der Waals surface area contributed by atoms with Crippen LogP contribution in [0.2, 0.25) is 10.0 Å². The number of nitrogens with zero attached hydrogens (tertiary/aromatic N) is 2. The van der Waals surface area contributed by atoms with Crippen LogP contribution in [-0.2, 0) is 0 Å². The van der Waals surface area contributed by atoms with Gasteiger partial charge in [-0.2, -0.15) is 0 Å². The zero-order valence-electron chi connectivity index (χ0n) is 11.1. The van der Waals surface area contributed by atoms with Gasteiger partial charge in [-0.1, -0.05) is 29.3 Å². The average Bonchev–Trinajstić information content (AvgIpc) is 2.38. The van der Waals surface area contributed by atoms with Gasteiger partial charge in [-0.3, -0.25) is 9.69 Å². The minimum atomic E-state index is -0.0630. The highest BCUT2D eigenvalue weighted by atomic mass is 35.5. The van der Waals surface area contributed by atoms with Crippen molar-refractivity contribution in [1.82, 2.24) is 15.1 Å². The van der Waals surface area contributed by atoms with Gasteiger partial charge in [-0.15, -0.1) is 0 Å². The van der Waals surface area contributed by atoms with Crippen LogP contribution in [0.1, 0.15) is 10.4 Å². The molecule has 20 heavy (non-hydrogen) atoms. The molecule has 2 fully saturated rings. The van der Waals surface area contributed by atoms with Crippen molar-refractivity contribution >= 4 is 29.1 Å². The summed E-state index contributed by atoms with van der Waals surface area (Å²) in [6.45, 7) is 5.70. The molecule has 2 aliphatic heterocycles. The fourth-order valence-corrected chi connectivity index (χ4v) is 3.32. The highest BCUT2D eigenvalue weighted by molar-refractivity contribution is 6.39. The summed E-state index contributed by atoms with van der Waals surface area (Å²) in [6, 6.07) is 5.63. The van der Waals surface area contributed by atoms with Gasteiger partial charge in [0.2, 0.25) is 0 Å². The summed E-state index contributed by atoms with van der Waals surface area (Å²) in [5.41, 5.74) is 0.426. The molecule has 4 nitrogen and oxygen atoms in total. The van der Waals surface area contributed by atoms with E-state index in [1.54, 1.807) is 18.2 Å². The number of likely N-dealkylation sites (tertiary alicyclic amines) is 1. The van der Waals surface area contributed by atoms with Crippen LogP contribution >= 0.6 is 23.2 Å². The summed E-state index contributed by atoms with van der Waals surface area (Å²) in [5.74, 6) is -0.0630. The van der Waals surface area contributed by atoms with Gasteiger partial charge in [0.15, 0.2) is 0 Å². The van der Waals surface area contributed by atoms with Crippen molar-refractivity contribution in [3.05, 3.63) is 33.8 Å². The number of piperazine rings is 1. The van der Waals surface area contributed by atoms with Crippen LogP contribution in [0.15, 0.2) is 18.2 Å². The lowest BCUT2D eigenvalue weighted by atomic mass is 10.0. The first kappa shape index (κ1) is 14.1. The van der Waals surface area contributed by atoms with Crippen LogP contribution < -0.4 is 5.32 Å². The van der Waals surface area contributed by atoms with E-state index in [2.05, 4.69) is 10.2 Å². The molecule has 2 aliphatic rings. The minimum absolute atomic E-state index is 0.0630. The van der Waals surface area contributed by atoms with E-state index in [0.717, 1.165) is 39.3 Å². The molecule has 0 saturated carbocycles. The summed E-state index contributed by atoms with van der Waals surface area (Å²) in [4.78, 5) is 16.7. The Morgan fingerprint density at radius 2 is 1.75 bits per heavy atom. The number of benzene rings is 1. The molecule has 0 unspecified atom stereocenters. The van der Waals surface area contributed by atoms with Crippen LogP contribution in [-0.4, -0.2) is 61.0 Å². The van der Waals surface area contributed by atoms with Crippen LogP contribution in [0.25, 0.3) is 0 Å². The summed E-state index contributed by atoms with van der Waals surface area (Å²) in [5, 5.41) is 4.18. The summed E-state index contributed by atoms with van der Waals surface area (Å²) < 4.78 is 0. The van der Waals surface area contributed by atoms with Gasteiger partial charge in [0, 0.05) is 45.3 Å². The van der Waals surface area contributed by atoms with E-state index < -0.39 is 0 Å². The Balaban J connectivity index is 1.63. The quantitative estimate of drug-likeness (QED) is 0.903. The number of hydrogen-bond acceptors (Lipinski definition) is 3. The second-order valence-corrected chi connectivity index (χ2v) is 6.06. The fraction of sp³-hybridized carbons (Fsp3) is 0.500. The summed E-state index contributed by atoms with van der Waals surface area (Å²) >= 11 is 12.2. The summed E-state index contributed by atoms with van der Waals surface area (Å²) in [6.07, 6.45) is 0. The Hall–Kier alpha value is -0.810. The third-order valence-corrected chi connectivity index (χ3v) is 4.62. The Kier molecular flexibility index (Phi) is 4.17. The van der Waals surface area contributed by atoms with Crippen LogP contribution in [0.5, 0.6) is 0 Å². The molecule has 0 atom stereocenters. The standard InChI is InChI=1S/C14H17Cl2N3O/c15-11-2-1-3-12(16)13(11)14(20)19-8-10(9-19)18-6-4-17-5-7-18/h1-3,10,17H,4-9H2. The third-order valence-electron chi connectivity index (χ3n) is 3.99. The largest absolute Gasteiger partial charge is 0.335 e. The van der Waals surface area contributed by atoms with Crippen molar-refractivity contribution in [3.8, 4) is 0 Å². The average molecular weight is 314 g/mol. The number of carbonyl (C=O) groups is 1. The zero-order chi connectivity index (χ0) is 14.1. The molecule has 6 heteroatoms. The second kappa shape index (κ2) is 5.90. The molecule has 0 bridgehead atoms. The van der Waals surface area contributed by atoms with Gasteiger partial charge in [-0.05, 0) is 12.1 Å². The number of amides is 1. The Morgan fingerprint density at radius 3 is 2.35 bits per heavy atom. The molecule has 0 aliphatic carbocycles. The van der Waals surface area contributed by atoms with E-state index in [1.165, 1.54) is 0 Å². The number of hydrogen-bond donors (Lipinski definition) is 1. The smallest absolute Gasteiger partial charge is 0.256 e. The van der Waals surface area contributed by atoms with Gasteiger partial charge in [0.25, 0.3) is 5.91 Å². The predicted octanol–water partition coefficient (Wildman–Crippen LogP) is 1.72. The van der Waals surface area contributed by atoms with Gasteiger partial charge in [0.05, 0.1) is 15.6 Å². The van der Waals surface area contributed by atoms with Crippen molar-refractivity contribution < 1.29 is 4.79 Å². The first-order valence-electron chi connectivity index (χ1n) is 6.85. The molecule has 1 amide bonds. The zero-order valence-corrected chi connectivity index (χ0v) is 12.6. The Morgan fingerprint density at radius 1 is 1.15 bits per heavy atom. The lowest BCUT2D eigenvalue weighted by molar-refractivity contribution is 0.0227. The van der Waals surface area contributed by atoms with E-state index in [-0.39, 0.29) is 5.91 Å². The summed E-state index contributed by atoms with van der Waals surface area (Å²) in [7, 11) is 0. The maximum atomic E-state index is 12.4. The van der Waals surface area contributed by atoms with Gasteiger partial charge < -0.3 is 10.2 Å². The van der Waals surface area contributed by atoms with Crippen molar-refractivity contribution in [2.45, 2.75) is 6.04 Å². The van der Waals surface area contributed by atoms with Gasteiger partial charge in [0.1, 0.15) is 0 Å². The monoisotopic (exact) mass is 313 g/mol. The highest BCUT2D eigenvalue weighted by Gasteiger charge is 2.36. The molecule has 1 N–H and O–H groups in total. The van der Waals surface area contributed by atoms with Crippen LogP contribution in [0.4, 0.5) is 0 Å². The van der Waals surface area contributed by atoms with Gasteiger partial charge >= 0.3 is 0 Å². The molecule has 2 saturated heterocycles. The van der Waals surface area contributed by atoms with Crippen molar-refractivity contribution in [3.63, 3.8) is 0 Å². The van der Waals surface area contributed by atoms with E-state index in [0.29, 0.717) is 21.7 Å². The second-order valence-electron chi connectivity index (χ2n) is 5.25. The van der Waals surface area contributed by atoms with Crippen LogP contribution in [0, 0.1) is 0 Å².